The highest BCUT2D eigenvalue weighted by Crippen LogP contribution is 2.57. The maximum absolute atomic E-state index is 14.1. The number of esters is 1. The zero-order valence-corrected chi connectivity index (χ0v) is 19.2. The SMILES string of the molecule is CCOC(=O)C1C2COc3ccc(Br)cc3C2N2C(=O)c3cc(F)c(F)cc3NC(=O)[C@@]12C. The Kier molecular flexibility index (Phi) is 4.97. The van der Waals surface area contributed by atoms with Gasteiger partial charge in [0.2, 0.25) is 0 Å². The third kappa shape index (κ3) is 2.99. The van der Waals surface area contributed by atoms with E-state index >= 15 is 0 Å². The lowest BCUT2D eigenvalue weighted by atomic mass is 9.77. The van der Waals surface area contributed by atoms with Crippen LogP contribution in [0.15, 0.2) is 34.8 Å². The van der Waals surface area contributed by atoms with Crippen molar-refractivity contribution >= 4 is 39.4 Å². The highest BCUT2D eigenvalue weighted by molar-refractivity contribution is 9.10. The lowest BCUT2D eigenvalue weighted by Gasteiger charge is -2.38. The summed E-state index contributed by atoms with van der Waals surface area (Å²) in [5.41, 5.74) is -1.44. The Morgan fingerprint density at radius 2 is 2.00 bits per heavy atom. The van der Waals surface area contributed by atoms with Gasteiger partial charge in [0.15, 0.2) is 11.6 Å². The predicted octanol–water partition coefficient (Wildman–Crippen LogP) is 3.82. The molecule has 10 heteroatoms. The summed E-state index contributed by atoms with van der Waals surface area (Å²) in [7, 11) is 0. The van der Waals surface area contributed by atoms with Gasteiger partial charge in [0.1, 0.15) is 11.3 Å². The van der Waals surface area contributed by atoms with Gasteiger partial charge in [-0.25, -0.2) is 8.78 Å². The van der Waals surface area contributed by atoms with Crippen LogP contribution in [0.25, 0.3) is 0 Å². The molecule has 3 aliphatic rings. The van der Waals surface area contributed by atoms with Crippen LogP contribution in [0.5, 0.6) is 5.75 Å². The van der Waals surface area contributed by atoms with Crippen molar-refractivity contribution in [2.75, 3.05) is 18.5 Å². The van der Waals surface area contributed by atoms with Crippen LogP contribution < -0.4 is 10.1 Å². The zero-order valence-electron chi connectivity index (χ0n) is 17.7. The van der Waals surface area contributed by atoms with Crippen LogP contribution >= 0.6 is 15.9 Å². The molecule has 0 aliphatic carbocycles. The molecule has 3 aliphatic heterocycles. The fourth-order valence-corrected chi connectivity index (χ4v) is 5.66. The molecule has 3 heterocycles. The zero-order chi connectivity index (χ0) is 23.7. The van der Waals surface area contributed by atoms with Gasteiger partial charge in [-0.2, -0.15) is 0 Å². The number of rotatable bonds is 2. The number of carbonyl (C=O) groups is 3. The Balaban J connectivity index is 1.77. The minimum absolute atomic E-state index is 0.0695. The molecule has 7 nitrogen and oxygen atoms in total. The molecule has 2 aromatic rings. The monoisotopic (exact) mass is 520 g/mol. The molecule has 0 aromatic heterocycles. The first-order chi connectivity index (χ1) is 15.7. The Hall–Kier alpha value is -3.01. The molecule has 5 rings (SSSR count). The average molecular weight is 521 g/mol. The van der Waals surface area contributed by atoms with Gasteiger partial charge in [-0.3, -0.25) is 14.4 Å². The van der Waals surface area contributed by atoms with Crippen LogP contribution in [0.2, 0.25) is 0 Å². The van der Waals surface area contributed by atoms with Crippen molar-refractivity contribution in [1.82, 2.24) is 4.90 Å². The standard InChI is InChI=1S/C23H19BrF2N2O5/c1-3-32-21(30)18-13-9-33-17-5-4-10(24)6-12(17)19(13)28-20(29)11-7-14(25)15(26)8-16(11)27-22(31)23(18,28)2/h4-8,13,18-19H,3,9H2,1-2H3,(H,27,31)/t13?,18?,19?,23-/m1/s1. The van der Waals surface area contributed by atoms with Gasteiger partial charge in [0.05, 0.1) is 36.4 Å². The minimum Gasteiger partial charge on any atom is -0.493 e. The molecule has 172 valence electrons. The van der Waals surface area contributed by atoms with Gasteiger partial charge in [0.25, 0.3) is 11.8 Å². The molecule has 2 amide bonds. The fraction of sp³-hybridized carbons (Fsp3) is 0.348. The van der Waals surface area contributed by atoms with Gasteiger partial charge in [-0.1, -0.05) is 15.9 Å². The van der Waals surface area contributed by atoms with E-state index in [0.717, 1.165) is 12.1 Å². The molecule has 0 radical (unpaired) electrons. The van der Waals surface area contributed by atoms with Gasteiger partial charge in [-0.15, -0.1) is 0 Å². The number of hydrogen-bond donors (Lipinski definition) is 1. The van der Waals surface area contributed by atoms with Crippen molar-refractivity contribution in [3.63, 3.8) is 0 Å². The number of nitrogens with zero attached hydrogens (tertiary/aromatic N) is 1. The first-order valence-corrected chi connectivity index (χ1v) is 11.2. The van der Waals surface area contributed by atoms with E-state index in [1.165, 1.54) is 11.8 Å². The van der Waals surface area contributed by atoms with Crippen molar-refractivity contribution in [3.05, 3.63) is 57.6 Å². The number of hydrogen-bond acceptors (Lipinski definition) is 5. The normalized spacial score (nSPS) is 27.4. The topological polar surface area (TPSA) is 84.9 Å². The smallest absolute Gasteiger partial charge is 0.312 e. The first kappa shape index (κ1) is 21.8. The van der Waals surface area contributed by atoms with Crippen LogP contribution in [0.1, 0.15) is 35.8 Å². The van der Waals surface area contributed by atoms with E-state index in [-0.39, 0.29) is 24.5 Å². The van der Waals surface area contributed by atoms with E-state index < -0.39 is 52.8 Å². The fourth-order valence-electron chi connectivity index (χ4n) is 5.28. The van der Waals surface area contributed by atoms with Crippen LogP contribution in [0, 0.1) is 23.5 Å². The maximum atomic E-state index is 14.1. The first-order valence-electron chi connectivity index (χ1n) is 10.4. The maximum Gasteiger partial charge on any atom is 0.312 e. The number of halogens is 3. The molecule has 1 saturated heterocycles. The number of carbonyl (C=O) groups excluding carboxylic acids is 3. The van der Waals surface area contributed by atoms with E-state index in [9.17, 15) is 23.2 Å². The van der Waals surface area contributed by atoms with E-state index in [0.29, 0.717) is 15.8 Å². The molecular weight excluding hydrogens is 502 g/mol. The summed E-state index contributed by atoms with van der Waals surface area (Å²) in [6.07, 6.45) is 0. The van der Waals surface area contributed by atoms with Crippen LogP contribution in [-0.4, -0.2) is 41.4 Å². The summed E-state index contributed by atoms with van der Waals surface area (Å²) >= 11 is 3.42. The number of amides is 2. The Labute approximate surface area is 196 Å². The van der Waals surface area contributed by atoms with Gasteiger partial charge in [-0.05, 0) is 38.1 Å². The van der Waals surface area contributed by atoms with E-state index in [2.05, 4.69) is 21.2 Å². The van der Waals surface area contributed by atoms with Crippen LogP contribution in [-0.2, 0) is 14.3 Å². The molecule has 1 fully saturated rings. The Morgan fingerprint density at radius 3 is 2.73 bits per heavy atom. The molecule has 0 spiro atoms. The van der Waals surface area contributed by atoms with Crippen molar-refractivity contribution in [1.29, 1.82) is 0 Å². The molecule has 33 heavy (non-hydrogen) atoms. The van der Waals surface area contributed by atoms with Crippen molar-refractivity contribution in [2.24, 2.45) is 11.8 Å². The summed E-state index contributed by atoms with van der Waals surface area (Å²) in [6, 6.07) is 6.09. The summed E-state index contributed by atoms with van der Waals surface area (Å²) in [4.78, 5) is 41.9. The lowest BCUT2D eigenvalue weighted by Crippen LogP contribution is -2.57. The number of benzene rings is 2. The second kappa shape index (κ2) is 7.51. The van der Waals surface area contributed by atoms with Crippen molar-refractivity contribution in [2.45, 2.75) is 25.4 Å². The molecular formula is C23H19BrF2N2O5. The summed E-state index contributed by atoms with van der Waals surface area (Å²) < 4.78 is 40.0. The predicted molar refractivity (Wildman–Crippen MR) is 116 cm³/mol. The second-order valence-electron chi connectivity index (χ2n) is 8.42. The minimum atomic E-state index is -1.70. The third-order valence-electron chi connectivity index (χ3n) is 6.70. The van der Waals surface area contributed by atoms with Crippen LogP contribution in [0.3, 0.4) is 0 Å². The molecule has 4 atom stereocenters. The summed E-state index contributed by atoms with van der Waals surface area (Å²) in [6.45, 7) is 3.28. The van der Waals surface area contributed by atoms with Crippen molar-refractivity contribution < 1.29 is 32.6 Å². The van der Waals surface area contributed by atoms with E-state index in [1.54, 1.807) is 25.1 Å². The van der Waals surface area contributed by atoms with E-state index in [4.69, 9.17) is 9.47 Å². The van der Waals surface area contributed by atoms with Gasteiger partial charge in [0, 0.05) is 22.0 Å². The Bertz CT molecular complexity index is 1220. The molecule has 1 N–H and O–H groups in total. The van der Waals surface area contributed by atoms with Crippen LogP contribution in [0.4, 0.5) is 14.5 Å². The number of ether oxygens (including phenoxy) is 2. The van der Waals surface area contributed by atoms with E-state index in [1.807, 2.05) is 0 Å². The molecule has 2 aromatic carbocycles. The number of fused-ring (bicyclic) bond motifs is 6. The summed E-state index contributed by atoms with van der Waals surface area (Å²) in [5.74, 6) is -5.61. The average Bonchev–Trinajstić information content (AvgIpc) is 3.01. The largest absolute Gasteiger partial charge is 0.493 e. The number of nitrogens with one attached hydrogen (secondary N) is 1. The van der Waals surface area contributed by atoms with Gasteiger partial charge < -0.3 is 19.7 Å². The third-order valence-corrected chi connectivity index (χ3v) is 7.19. The lowest BCUT2D eigenvalue weighted by molar-refractivity contribution is -0.155. The Morgan fingerprint density at radius 1 is 1.27 bits per heavy atom. The number of anilines is 1. The second-order valence-corrected chi connectivity index (χ2v) is 9.34. The molecule has 0 saturated carbocycles. The molecule has 3 unspecified atom stereocenters. The molecule has 0 bridgehead atoms. The van der Waals surface area contributed by atoms with Gasteiger partial charge >= 0.3 is 5.97 Å². The summed E-state index contributed by atoms with van der Waals surface area (Å²) in [5, 5.41) is 2.54. The quantitative estimate of drug-likeness (QED) is 0.608. The highest BCUT2D eigenvalue weighted by atomic mass is 79.9. The highest BCUT2D eigenvalue weighted by Gasteiger charge is 2.67. The van der Waals surface area contributed by atoms with Crippen molar-refractivity contribution in [3.8, 4) is 5.75 Å².